The first kappa shape index (κ1) is 19.5. The summed E-state index contributed by atoms with van der Waals surface area (Å²) in [6.45, 7) is 0.468. The number of benzene rings is 3. The Morgan fingerprint density at radius 2 is 1.70 bits per heavy atom. The molecule has 30 heavy (non-hydrogen) atoms. The van der Waals surface area contributed by atoms with Crippen LogP contribution < -0.4 is 14.4 Å². The van der Waals surface area contributed by atoms with E-state index in [1.165, 1.54) is 0 Å². The third kappa shape index (κ3) is 3.48. The highest BCUT2D eigenvalue weighted by atomic mass is 16.5. The first-order valence-electron chi connectivity index (χ1n) is 9.82. The number of nitriles is 1. The zero-order valence-corrected chi connectivity index (χ0v) is 16.7. The van der Waals surface area contributed by atoms with Gasteiger partial charge in [0.1, 0.15) is 18.1 Å². The molecule has 1 aliphatic heterocycles. The summed E-state index contributed by atoms with van der Waals surface area (Å²) in [4.78, 5) is 14.4. The molecule has 0 aliphatic carbocycles. The van der Waals surface area contributed by atoms with Crippen LogP contribution in [0.3, 0.4) is 0 Å². The molecule has 4 rings (SSSR count). The molecule has 1 saturated heterocycles. The molecule has 3 aromatic rings. The van der Waals surface area contributed by atoms with Gasteiger partial charge in [0, 0.05) is 6.42 Å². The first-order valence-corrected chi connectivity index (χ1v) is 9.82. The van der Waals surface area contributed by atoms with Gasteiger partial charge in [0.05, 0.1) is 18.9 Å². The maximum atomic E-state index is 12.8. The molecule has 1 unspecified atom stereocenters. The lowest BCUT2D eigenvalue weighted by Crippen LogP contribution is -2.42. The topological polar surface area (TPSA) is 62.6 Å². The van der Waals surface area contributed by atoms with Gasteiger partial charge in [-0.3, -0.25) is 9.69 Å². The van der Waals surface area contributed by atoms with E-state index >= 15 is 0 Å². The van der Waals surface area contributed by atoms with Crippen molar-refractivity contribution in [3.63, 3.8) is 0 Å². The number of amides is 1. The fraction of sp³-hybridized carbons (Fsp3) is 0.200. The molecule has 150 valence electrons. The Labute approximate surface area is 176 Å². The predicted molar refractivity (Wildman–Crippen MR) is 114 cm³/mol. The van der Waals surface area contributed by atoms with Crippen LogP contribution in [-0.2, 0) is 16.9 Å². The lowest BCUT2D eigenvalue weighted by molar-refractivity contribution is -0.117. The molecule has 0 spiro atoms. The number of para-hydroxylation sites is 2. The second-order valence-corrected chi connectivity index (χ2v) is 7.17. The van der Waals surface area contributed by atoms with Crippen molar-refractivity contribution in [3.8, 4) is 17.6 Å². The number of carbonyl (C=O) groups excluding carboxylic acids is 1. The minimum Gasteiger partial charge on any atom is -0.495 e. The Bertz CT molecular complexity index is 1070. The average Bonchev–Trinajstić information content (AvgIpc) is 3.15. The number of rotatable bonds is 6. The van der Waals surface area contributed by atoms with Crippen molar-refractivity contribution < 1.29 is 14.3 Å². The minimum absolute atomic E-state index is 0.0922. The molecule has 5 nitrogen and oxygen atoms in total. The molecule has 0 aromatic heterocycles. The Kier molecular flexibility index (Phi) is 5.40. The van der Waals surface area contributed by atoms with Gasteiger partial charge in [0.15, 0.2) is 5.54 Å². The normalized spacial score (nSPS) is 18.1. The summed E-state index contributed by atoms with van der Waals surface area (Å²) in [6, 6.07) is 27.1. The van der Waals surface area contributed by atoms with Crippen LogP contribution in [0.1, 0.15) is 24.0 Å². The third-order valence-electron chi connectivity index (χ3n) is 5.42. The van der Waals surface area contributed by atoms with Crippen molar-refractivity contribution in [3.05, 3.63) is 90.0 Å². The second kappa shape index (κ2) is 8.30. The number of nitrogens with zero attached hydrogens (tertiary/aromatic N) is 2. The highest BCUT2D eigenvalue weighted by Crippen LogP contribution is 2.45. The smallest absolute Gasteiger partial charge is 0.228 e. The van der Waals surface area contributed by atoms with E-state index in [9.17, 15) is 10.1 Å². The van der Waals surface area contributed by atoms with Gasteiger partial charge in [0.25, 0.3) is 0 Å². The highest BCUT2D eigenvalue weighted by Gasteiger charge is 2.49. The van der Waals surface area contributed by atoms with Gasteiger partial charge < -0.3 is 9.47 Å². The van der Waals surface area contributed by atoms with Gasteiger partial charge in [-0.25, -0.2) is 0 Å². The van der Waals surface area contributed by atoms with E-state index in [0.29, 0.717) is 36.6 Å². The van der Waals surface area contributed by atoms with Crippen molar-refractivity contribution in [2.45, 2.75) is 25.0 Å². The summed E-state index contributed by atoms with van der Waals surface area (Å²) in [5.74, 6) is 1.18. The molecule has 1 heterocycles. The van der Waals surface area contributed by atoms with E-state index in [-0.39, 0.29) is 5.91 Å². The van der Waals surface area contributed by atoms with Crippen LogP contribution in [0.25, 0.3) is 0 Å². The van der Waals surface area contributed by atoms with Crippen molar-refractivity contribution in [2.75, 3.05) is 12.0 Å². The SMILES string of the molecule is COc1ccccc1N1C(=O)CCC1(C#N)c1ccc(OCc2ccccc2)cc1. The van der Waals surface area contributed by atoms with Crippen molar-refractivity contribution >= 4 is 11.6 Å². The molecule has 3 aromatic carbocycles. The lowest BCUT2D eigenvalue weighted by Gasteiger charge is -2.33. The van der Waals surface area contributed by atoms with E-state index in [4.69, 9.17) is 9.47 Å². The standard InChI is InChI=1S/C25H22N2O3/c1-29-23-10-6-5-9-22(23)27-24(28)15-16-25(27,18-26)20-11-13-21(14-12-20)30-17-19-7-3-2-4-8-19/h2-14H,15-17H2,1H3. The molecule has 0 radical (unpaired) electrons. The van der Waals surface area contributed by atoms with Crippen LogP contribution in [-0.4, -0.2) is 13.0 Å². The average molecular weight is 398 g/mol. The van der Waals surface area contributed by atoms with Crippen molar-refractivity contribution in [1.29, 1.82) is 5.26 Å². The maximum Gasteiger partial charge on any atom is 0.228 e. The van der Waals surface area contributed by atoms with E-state index in [2.05, 4.69) is 6.07 Å². The molecule has 1 fully saturated rings. The molecule has 0 N–H and O–H groups in total. The van der Waals surface area contributed by atoms with Gasteiger partial charge in [-0.15, -0.1) is 0 Å². The summed E-state index contributed by atoms with van der Waals surface area (Å²) in [7, 11) is 1.56. The number of anilines is 1. The van der Waals surface area contributed by atoms with Gasteiger partial charge in [-0.1, -0.05) is 54.6 Å². The van der Waals surface area contributed by atoms with Crippen LogP contribution >= 0.6 is 0 Å². The van der Waals surface area contributed by atoms with Crippen LogP contribution in [0.15, 0.2) is 78.9 Å². The summed E-state index contributed by atoms with van der Waals surface area (Å²) in [6.07, 6.45) is 0.725. The molecule has 1 atom stereocenters. The van der Waals surface area contributed by atoms with Crippen LogP contribution in [0.4, 0.5) is 5.69 Å². The minimum atomic E-state index is -1.08. The largest absolute Gasteiger partial charge is 0.495 e. The number of ether oxygens (including phenoxy) is 2. The van der Waals surface area contributed by atoms with Gasteiger partial charge in [-0.2, -0.15) is 5.26 Å². The van der Waals surface area contributed by atoms with Crippen molar-refractivity contribution in [2.24, 2.45) is 0 Å². The van der Waals surface area contributed by atoms with Crippen LogP contribution in [0, 0.1) is 11.3 Å². The predicted octanol–water partition coefficient (Wildman–Crippen LogP) is 4.82. The first-order chi connectivity index (χ1) is 14.7. The molecule has 0 bridgehead atoms. The Morgan fingerprint density at radius 3 is 2.40 bits per heavy atom. The Balaban J connectivity index is 1.63. The monoisotopic (exact) mass is 398 g/mol. The van der Waals surface area contributed by atoms with E-state index in [1.807, 2.05) is 72.8 Å². The second-order valence-electron chi connectivity index (χ2n) is 7.17. The summed E-state index contributed by atoms with van der Waals surface area (Å²) < 4.78 is 11.3. The molecule has 5 heteroatoms. The molecule has 1 amide bonds. The summed E-state index contributed by atoms with van der Waals surface area (Å²) >= 11 is 0. The number of hydrogen-bond donors (Lipinski definition) is 0. The third-order valence-corrected chi connectivity index (χ3v) is 5.42. The van der Waals surface area contributed by atoms with Gasteiger partial charge in [-0.05, 0) is 41.8 Å². The van der Waals surface area contributed by atoms with Gasteiger partial charge >= 0.3 is 0 Å². The highest BCUT2D eigenvalue weighted by molar-refractivity contribution is 6.00. The maximum absolute atomic E-state index is 12.8. The summed E-state index contributed by atoms with van der Waals surface area (Å²) in [5.41, 5.74) is 1.37. The zero-order valence-electron chi connectivity index (χ0n) is 16.7. The number of carbonyl (C=O) groups is 1. The fourth-order valence-electron chi connectivity index (χ4n) is 3.89. The van der Waals surface area contributed by atoms with Crippen LogP contribution in [0.2, 0.25) is 0 Å². The molecule has 0 saturated carbocycles. The van der Waals surface area contributed by atoms with Crippen LogP contribution in [0.5, 0.6) is 11.5 Å². The molecular weight excluding hydrogens is 376 g/mol. The van der Waals surface area contributed by atoms with E-state index < -0.39 is 5.54 Å². The Hall–Kier alpha value is -3.78. The fourth-order valence-corrected chi connectivity index (χ4v) is 3.89. The molecular formula is C25H22N2O3. The number of hydrogen-bond acceptors (Lipinski definition) is 4. The van der Waals surface area contributed by atoms with E-state index in [0.717, 1.165) is 11.1 Å². The number of methoxy groups -OCH3 is 1. The zero-order chi connectivity index (χ0) is 21.0. The lowest BCUT2D eigenvalue weighted by atomic mass is 9.88. The van der Waals surface area contributed by atoms with Crippen molar-refractivity contribution in [1.82, 2.24) is 0 Å². The quantitative estimate of drug-likeness (QED) is 0.597. The van der Waals surface area contributed by atoms with Gasteiger partial charge in [0.2, 0.25) is 5.91 Å². The Morgan fingerprint density at radius 1 is 1.00 bits per heavy atom. The molecule has 1 aliphatic rings. The van der Waals surface area contributed by atoms with E-state index in [1.54, 1.807) is 18.1 Å². The summed E-state index contributed by atoms with van der Waals surface area (Å²) in [5, 5.41) is 10.2.